The van der Waals surface area contributed by atoms with Crippen LogP contribution in [0.5, 0.6) is 0 Å². The fourth-order valence-corrected chi connectivity index (χ4v) is 3.47. The van der Waals surface area contributed by atoms with Crippen LogP contribution in [0, 0.1) is 0 Å². The summed E-state index contributed by atoms with van der Waals surface area (Å²) in [6.45, 7) is 3.82. The first-order valence-electron chi connectivity index (χ1n) is 6.49. The van der Waals surface area contributed by atoms with Gasteiger partial charge in [0.05, 0.1) is 12.2 Å². The smallest absolute Gasteiger partial charge is 0.124 e. The lowest BCUT2D eigenvalue weighted by atomic mass is 10.3. The lowest BCUT2D eigenvalue weighted by molar-refractivity contribution is 0.449. The van der Waals surface area contributed by atoms with Gasteiger partial charge in [0.25, 0.3) is 0 Å². The Morgan fingerprint density at radius 3 is 3.10 bits per heavy atom. The van der Waals surface area contributed by atoms with Gasteiger partial charge in [-0.05, 0) is 24.4 Å². The summed E-state index contributed by atoms with van der Waals surface area (Å²) in [7, 11) is 0. The second kappa shape index (κ2) is 6.30. The van der Waals surface area contributed by atoms with Crippen molar-refractivity contribution >= 4 is 22.7 Å². The largest absolute Gasteiger partial charge is 0.307 e. The second-order valence-electron chi connectivity index (χ2n) is 4.67. The fourth-order valence-electron chi connectivity index (χ4n) is 1.94. The van der Waals surface area contributed by atoms with Crippen LogP contribution >= 0.6 is 22.7 Å². The molecule has 3 aromatic rings. The zero-order valence-electron chi connectivity index (χ0n) is 11.2. The minimum atomic E-state index is 0.362. The molecule has 3 aromatic heterocycles. The summed E-state index contributed by atoms with van der Waals surface area (Å²) in [4.78, 5) is 4.66. The summed E-state index contributed by atoms with van der Waals surface area (Å²) in [5.74, 6) is 0. The van der Waals surface area contributed by atoms with E-state index in [0.717, 1.165) is 23.8 Å². The van der Waals surface area contributed by atoms with Crippen molar-refractivity contribution in [3.8, 4) is 10.6 Å². The van der Waals surface area contributed by atoms with Gasteiger partial charge in [0.2, 0.25) is 0 Å². The maximum atomic E-state index is 4.66. The van der Waals surface area contributed by atoms with E-state index in [4.69, 9.17) is 0 Å². The van der Waals surface area contributed by atoms with Crippen molar-refractivity contribution < 1.29 is 0 Å². The van der Waals surface area contributed by atoms with Crippen molar-refractivity contribution in [3.63, 3.8) is 0 Å². The van der Waals surface area contributed by atoms with E-state index in [1.54, 1.807) is 28.9 Å². The predicted molar refractivity (Wildman–Crippen MR) is 84.0 cm³/mol. The molecule has 1 atom stereocenters. The van der Waals surface area contributed by atoms with E-state index in [0.29, 0.717) is 6.04 Å². The summed E-state index contributed by atoms with van der Waals surface area (Å²) >= 11 is 3.41. The van der Waals surface area contributed by atoms with Crippen molar-refractivity contribution in [3.05, 3.63) is 46.4 Å². The molecule has 0 spiro atoms. The molecule has 0 unspecified atom stereocenters. The average molecular weight is 304 g/mol. The van der Waals surface area contributed by atoms with Gasteiger partial charge in [-0.1, -0.05) is 0 Å². The van der Waals surface area contributed by atoms with Gasteiger partial charge in [0.1, 0.15) is 5.01 Å². The molecule has 1 N–H and O–H groups in total. The number of thiophene rings is 1. The highest BCUT2D eigenvalue weighted by molar-refractivity contribution is 7.14. The molecule has 0 aliphatic heterocycles. The molecule has 0 aliphatic rings. The number of thiazole rings is 1. The molecule has 4 nitrogen and oxygen atoms in total. The molecule has 0 fully saturated rings. The first kappa shape index (κ1) is 13.5. The Hall–Kier alpha value is -1.50. The van der Waals surface area contributed by atoms with Crippen molar-refractivity contribution in [2.75, 3.05) is 0 Å². The standard InChI is InChI=1S/C14H16N4S2/c1-11(8-18-5-2-4-16-18)15-7-13-10-20-14(17-13)12-3-6-19-9-12/h2-6,9-11,15H,7-8H2,1H3/t11-/m0/s1. The lowest BCUT2D eigenvalue weighted by Crippen LogP contribution is -2.30. The third kappa shape index (κ3) is 3.33. The molecule has 0 saturated heterocycles. The normalized spacial score (nSPS) is 12.7. The molecule has 0 amide bonds. The average Bonchev–Trinajstić information content (AvgIpc) is 3.18. The minimum Gasteiger partial charge on any atom is -0.307 e. The van der Waals surface area contributed by atoms with E-state index in [1.807, 2.05) is 16.9 Å². The third-order valence-electron chi connectivity index (χ3n) is 2.97. The Bertz CT molecular complexity index is 628. The molecule has 20 heavy (non-hydrogen) atoms. The minimum absolute atomic E-state index is 0.362. The van der Waals surface area contributed by atoms with Crippen LogP contribution in [0.3, 0.4) is 0 Å². The van der Waals surface area contributed by atoms with Gasteiger partial charge in [0.15, 0.2) is 0 Å². The van der Waals surface area contributed by atoms with Crippen molar-refractivity contribution in [2.24, 2.45) is 0 Å². The van der Waals surface area contributed by atoms with Crippen LogP contribution in [0.1, 0.15) is 12.6 Å². The molecule has 0 aliphatic carbocycles. The maximum Gasteiger partial charge on any atom is 0.124 e. The predicted octanol–water partition coefficient (Wildman–Crippen LogP) is 3.25. The van der Waals surface area contributed by atoms with Gasteiger partial charge >= 0.3 is 0 Å². The van der Waals surface area contributed by atoms with Crippen LogP contribution in [-0.2, 0) is 13.1 Å². The van der Waals surface area contributed by atoms with Crippen LogP contribution in [0.2, 0.25) is 0 Å². The maximum absolute atomic E-state index is 4.66. The highest BCUT2D eigenvalue weighted by Gasteiger charge is 2.07. The third-order valence-corrected chi connectivity index (χ3v) is 4.60. The Labute approximate surface area is 126 Å². The summed E-state index contributed by atoms with van der Waals surface area (Å²) in [5, 5.41) is 15.1. The molecule has 3 heterocycles. The van der Waals surface area contributed by atoms with E-state index in [9.17, 15) is 0 Å². The fraction of sp³-hybridized carbons (Fsp3) is 0.286. The first-order chi connectivity index (χ1) is 9.81. The van der Waals surface area contributed by atoms with E-state index in [2.05, 4.69) is 44.5 Å². The first-order valence-corrected chi connectivity index (χ1v) is 8.31. The van der Waals surface area contributed by atoms with Gasteiger partial charge in [-0.3, -0.25) is 4.68 Å². The van der Waals surface area contributed by atoms with Gasteiger partial charge in [-0.15, -0.1) is 11.3 Å². The number of nitrogens with zero attached hydrogens (tertiary/aromatic N) is 3. The number of rotatable bonds is 6. The SMILES string of the molecule is C[C@@H](Cn1cccn1)NCc1csc(-c2ccsc2)n1. The Balaban J connectivity index is 1.53. The number of hydrogen-bond acceptors (Lipinski definition) is 5. The van der Waals surface area contributed by atoms with Gasteiger partial charge in [-0.2, -0.15) is 16.4 Å². The zero-order valence-corrected chi connectivity index (χ0v) is 12.8. The molecule has 0 saturated carbocycles. The monoisotopic (exact) mass is 304 g/mol. The quantitative estimate of drug-likeness (QED) is 0.760. The Kier molecular flexibility index (Phi) is 4.25. The van der Waals surface area contributed by atoms with Crippen molar-refractivity contribution in [1.82, 2.24) is 20.1 Å². The second-order valence-corrected chi connectivity index (χ2v) is 6.30. The van der Waals surface area contributed by atoms with Gasteiger partial charge in [-0.25, -0.2) is 4.98 Å². The molecule has 0 radical (unpaired) electrons. The van der Waals surface area contributed by atoms with Crippen LogP contribution < -0.4 is 5.32 Å². The molecular weight excluding hydrogens is 288 g/mol. The molecule has 0 aromatic carbocycles. The van der Waals surface area contributed by atoms with Crippen molar-refractivity contribution in [2.45, 2.75) is 26.1 Å². The number of nitrogens with one attached hydrogen (secondary N) is 1. The highest BCUT2D eigenvalue weighted by Crippen LogP contribution is 2.25. The molecule has 0 bridgehead atoms. The summed E-state index contributed by atoms with van der Waals surface area (Å²) < 4.78 is 1.94. The number of aromatic nitrogens is 3. The zero-order chi connectivity index (χ0) is 13.8. The van der Waals surface area contributed by atoms with Crippen LogP contribution in [-0.4, -0.2) is 20.8 Å². The Morgan fingerprint density at radius 1 is 1.40 bits per heavy atom. The van der Waals surface area contributed by atoms with Gasteiger partial charge in [0, 0.05) is 41.3 Å². The van der Waals surface area contributed by atoms with E-state index in [-0.39, 0.29) is 0 Å². The van der Waals surface area contributed by atoms with Crippen LogP contribution in [0.25, 0.3) is 10.6 Å². The molecular formula is C14H16N4S2. The molecule has 104 valence electrons. The van der Waals surface area contributed by atoms with Gasteiger partial charge < -0.3 is 5.32 Å². The van der Waals surface area contributed by atoms with Crippen molar-refractivity contribution in [1.29, 1.82) is 0 Å². The summed E-state index contributed by atoms with van der Waals surface area (Å²) in [6, 6.07) is 4.42. The lowest BCUT2D eigenvalue weighted by Gasteiger charge is -2.12. The summed E-state index contributed by atoms with van der Waals surface area (Å²) in [6.07, 6.45) is 3.79. The van der Waals surface area contributed by atoms with Crippen LogP contribution in [0.15, 0.2) is 40.7 Å². The number of hydrogen-bond donors (Lipinski definition) is 1. The van der Waals surface area contributed by atoms with E-state index < -0.39 is 0 Å². The van der Waals surface area contributed by atoms with E-state index >= 15 is 0 Å². The molecule has 6 heteroatoms. The van der Waals surface area contributed by atoms with Crippen LogP contribution in [0.4, 0.5) is 0 Å². The summed E-state index contributed by atoms with van der Waals surface area (Å²) in [5.41, 5.74) is 2.32. The van der Waals surface area contributed by atoms with E-state index in [1.165, 1.54) is 5.56 Å². The molecule has 3 rings (SSSR count). The Morgan fingerprint density at radius 2 is 2.35 bits per heavy atom. The topological polar surface area (TPSA) is 42.7 Å². The highest BCUT2D eigenvalue weighted by atomic mass is 32.1.